The van der Waals surface area contributed by atoms with Crippen molar-refractivity contribution in [3.05, 3.63) is 53.1 Å². The van der Waals surface area contributed by atoms with Crippen LogP contribution in [0, 0.1) is 6.92 Å². The highest BCUT2D eigenvalue weighted by Crippen LogP contribution is 2.32. The molecule has 0 aliphatic heterocycles. The Morgan fingerprint density at radius 1 is 1.11 bits per heavy atom. The van der Waals surface area contributed by atoms with Crippen molar-refractivity contribution in [2.24, 2.45) is 0 Å². The molecule has 2 aromatic carbocycles. The molecule has 0 amide bonds. The molecule has 0 saturated carbocycles. The fourth-order valence-corrected chi connectivity index (χ4v) is 2.13. The van der Waals surface area contributed by atoms with Crippen molar-refractivity contribution in [2.75, 3.05) is 17.2 Å². The minimum absolute atomic E-state index is 0.699. The molecule has 94 valence electrons. The highest BCUT2D eigenvalue weighted by atomic mass is 35.5. The van der Waals surface area contributed by atoms with E-state index >= 15 is 0 Å². The number of rotatable bonds is 3. The van der Waals surface area contributed by atoms with E-state index in [2.05, 4.69) is 43.0 Å². The fourth-order valence-electron chi connectivity index (χ4n) is 1.97. The Morgan fingerprint density at radius 2 is 1.78 bits per heavy atom. The van der Waals surface area contributed by atoms with Crippen LogP contribution in [0.5, 0.6) is 0 Å². The summed E-state index contributed by atoms with van der Waals surface area (Å²) in [5.41, 5.74) is 10.1. The van der Waals surface area contributed by atoms with Gasteiger partial charge in [0, 0.05) is 17.3 Å². The molecule has 2 aromatic rings. The lowest BCUT2D eigenvalue weighted by Crippen LogP contribution is -2.17. The van der Waals surface area contributed by atoms with Crippen LogP contribution in [0.15, 0.2) is 42.5 Å². The Labute approximate surface area is 113 Å². The lowest BCUT2D eigenvalue weighted by atomic mass is 10.2. The SMILES string of the molecule is CCN(c1ccc(C)cc1)c1cc(Cl)ccc1N. The van der Waals surface area contributed by atoms with E-state index in [0.29, 0.717) is 5.02 Å². The maximum atomic E-state index is 6.05. The fraction of sp³-hybridized carbons (Fsp3) is 0.200. The summed E-state index contributed by atoms with van der Waals surface area (Å²) < 4.78 is 0. The first-order valence-electron chi connectivity index (χ1n) is 6.01. The van der Waals surface area contributed by atoms with Crippen LogP contribution >= 0.6 is 11.6 Å². The first kappa shape index (κ1) is 12.8. The number of aryl methyl sites for hydroxylation is 1. The highest BCUT2D eigenvalue weighted by molar-refractivity contribution is 6.31. The largest absolute Gasteiger partial charge is 0.397 e. The Balaban J connectivity index is 2.44. The molecule has 0 unspecified atom stereocenters. The number of nitrogen functional groups attached to an aromatic ring is 1. The van der Waals surface area contributed by atoms with Crippen LogP contribution in [0.1, 0.15) is 12.5 Å². The van der Waals surface area contributed by atoms with Gasteiger partial charge >= 0.3 is 0 Å². The van der Waals surface area contributed by atoms with Gasteiger partial charge in [0.15, 0.2) is 0 Å². The van der Waals surface area contributed by atoms with Crippen LogP contribution in [0.4, 0.5) is 17.1 Å². The van der Waals surface area contributed by atoms with Crippen molar-refractivity contribution in [1.29, 1.82) is 0 Å². The monoisotopic (exact) mass is 260 g/mol. The number of halogens is 1. The van der Waals surface area contributed by atoms with Crippen LogP contribution in [0.25, 0.3) is 0 Å². The molecule has 0 fully saturated rings. The van der Waals surface area contributed by atoms with Gasteiger partial charge in [-0.1, -0.05) is 29.3 Å². The van der Waals surface area contributed by atoms with Crippen LogP contribution < -0.4 is 10.6 Å². The van der Waals surface area contributed by atoms with E-state index in [9.17, 15) is 0 Å². The van der Waals surface area contributed by atoms with Gasteiger partial charge in [-0.15, -0.1) is 0 Å². The minimum Gasteiger partial charge on any atom is -0.397 e. The third kappa shape index (κ3) is 2.59. The van der Waals surface area contributed by atoms with E-state index in [1.165, 1.54) is 5.56 Å². The first-order chi connectivity index (χ1) is 8.61. The summed E-state index contributed by atoms with van der Waals surface area (Å²) in [6.45, 7) is 5.02. The lowest BCUT2D eigenvalue weighted by Gasteiger charge is -2.25. The molecule has 18 heavy (non-hydrogen) atoms. The summed E-state index contributed by atoms with van der Waals surface area (Å²) in [5.74, 6) is 0. The third-order valence-electron chi connectivity index (χ3n) is 2.95. The number of hydrogen-bond acceptors (Lipinski definition) is 2. The molecular formula is C15H17ClN2. The average Bonchev–Trinajstić information content (AvgIpc) is 2.37. The topological polar surface area (TPSA) is 29.3 Å². The lowest BCUT2D eigenvalue weighted by molar-refractivity contribution is 1.02. The Morgan fingerprint density at radius 3 is 2.39 bits per heavy atom. The number of benzene rings is 2. The minimum atomic E-state index is 0.699. The molecular weight excluding hydrogens is 244 g/mol. The summed E-state index contributed by atoms with van der Waals surface area (Å²) >= 11 is 6.05. The van der Waals surface area contributed by atoms with Gasteiger partial charge in [-0.2, -0.15) is 0 Å². The van der Waals surface area contributed by atoms with Crippen molar-refractivity contribution < 1.29 is 0 Å². The number of anilines is 3. The maximum absolute atomic E-state index is 6.05. The summed E-state index contributed by atoms with van der Waals surface area (Å²) in [7, 11) is 0. The van der Waals surface area contributed by atoms with Crippen molar-refractivity contribution in [3.8, 4) is 0 Å². The van der Waals surface area contributed by atoms with Crippen molar-refractivity contribution >= 4 is 28.7 Å². The van der Waals surface area contributed by atoms with E-state index in [4.69, 9.17) is 17.3 Å². The molecule has 2 nitrogen and oxygen atoms in total. The van der Waals surface area contributed by atoms with E-state index in [-0.39, 0.29) is 0 Å². The predicted octanol–water partition coefficient (Wildman–Crippen LogP) is 4.39. The smallest absolute Gasteiger partial charge is 0.0659 e. The molecule has 0 bridgehead atoms. The van der Waals surface area contributed by atoms with Crippen molar-refractivity contribution in [2.45, 2.75) is 13.8 Å². The molecule has 0 heterocycles. The molecule has 2 N–H and O–H groups in total. The molecule has 0 saturated heterocycles. The van der Waals surface area contributed by atoms with E-state index < -0.39 is 0 Å². The van der Waals surface area contributed by atoms with Crippen molar-refractivity contribution in [1.82, 2.24) is 0 Å². The van der Waals surface area contributed by atoms with Gasteiger partial charge in [0.1, 0.15) is 0 Å². The van der Waals surface area contributed by atoms with E-state index in [0.717, 1.165) is 23.6 Å². The third-order valence-corrected chi connectivity index (χ3v) is 3.18. The summed E-state index contributed by atoms with van der Waals surface area (Å²) in [6.07, 6.45) is 0. The van der Waals surface area contributed by atoms with Gasteiger partial charge in [0.25, 0.3) is 0 Å². The Hall–Kier alpha value is -1.67. The summed E-state index contributed by atoms with van der Waals surface area (Å²) in [6, 6.07) is 13.9. The maximum Gasteiger partial charge on any atom is 0.0659 e. The first-order valence-corrected chi connectivity index (χ1v) is 6.39. The molecule has 0 radical (unpaired) electrons. The molecule has 0 atom stereocenters. The van der Waals surface area contributed by atoms with E-state index in [1.807, 2.05) is 18.2 Å². The Kier molecular flexibility index (Phi) is 3.78. The number of hydrogen-bond donors (Lipinski definition) is 1. The second-order valence-electron chi connectivity index (χ2n) is 4.28. The number of nitrogens with two attached hydrogens (primary N) is 1. The quantitative estimate of drug-likeness (QED) is 0.830. The molecule has 3 heteroatoms. The summed E-state index contributed by atoms with van der Waals surface area (Å²) in [4.78, 5) is 2.15. The standard InChI is InChI=1S/C15H17ClN2/c1-3-18(13-7-4-11(2)5-8-13)15-10-12(16)6-9-14(15)17/h4-10H,3,17H2,1-2H3. The molecule has 2 rings (SSSR count). The molecule has 0 spiro atoms. The van der Waals surface area contributed by atoms with Gasteiger partial charge in [0.2, 0.25) is 0 Å². The summed E-state index contributed by atoms with van der Waals surface area (Å²) in [5, 5.41) is 0.699. The van der Waals surface area contributed by atoms with Gasteiger partial charge in [-0.3, -0.25) is 0 Å². The molecule has 0 aromatic heterocycles. The zero-order valence-electron chi connectivity index (χ0n) is 10.7. The zero-order valence-corrected chi connectivity index (χ0v) is 11.4. The van der Waals surface area contributed by atoms with Gasteiger partial charge in [0.05, 0.1) is 11.4 Å². The second kappa shape index (κ2) is 5.32. The van der Waals surface area contributed by atoms with E-state index in [1.54, 1.807) is 0 Å². The zero-order chi connectivity index (χ0) is 13.1. The molecule has 0 aliphatic rings. The van der Waals surface area contributed by atoms with Crippen molar-refractivity contribution in [3.63, 3.8) is 0 Å². The van der Waals surface area contributed by atoms with Crippen LogP contribution in [0.3, 0.4) is 0 Å². The van der Waals surface area contributed by atoms with Crippen LogP contribution in [-0.2, 0) is 0 Å². The predicted molar refractivity (Wildman–Crippen MR) is 79.7 cm³/mol. The second-order valence-corrected chi connectivity index (χ2v) is 4.72. The number of nitrogens with zero attached hydrogens (tertiary/aromatic N) is 1. The Bertz CT molecular complexity index is 535. The van der Waals surface area contributed by atoms with Gasteiger partial charge in [-0.25, -0.2) is 0 Å². The normalized spacial score (nSPS) is 10.4. The van der Waals surface area contributed by atoms with Gasteiger partial charge < -0.3 is 10.6 Å². The average molecular weight is 261 g/mol. The van der Waals surface area contributed by atoms with Gasteiger partial charge in [-0.05, 0) is 44.2 Å². The van der Waals surface area contributed by atoms with Crippen LogP contribution in [0.2, 0.25) is 5.02 Å². The highest BCUT2D eigenvalue weighted by Gasteiger charge is 2.10. The van der Waals surface area contributed by atoms with Crippen LogP contribution in [-0.4, -0.2) is 6.54 Å². The molecule has 0 aliphatic carbocycles.